The topological polar surface area (TPSA) is 118 Å². The number of nitrogen functional groups attached to an aromatic ring is 1. The van der Waals surface area contributed by atoms with Gasteiger partial charge in [-0.05, 0) is 25.3 Å². The minimum Gasteiger partial charge on any atom is -0.393 e. The number of carbonyl (C=O) groups excluding carboxylic acids is 1. The number of aliphatic hydroxyl groups is 1. The highest BCUT2D eigenvalue weighted by Crippen LogP contribution is 2.24. The third kappa shape index (κ3) is 4.20. The van der Waals surface area contributed by atoms with Gasteiger partial charge in [-0.1, -0.05) is 13.0 Å². The SMILES string of the molecule is CC(O)CC(C)CNC(=O)c1cccc([N+](=O)[O-])c1N. The van der Waals surface area contributed by atoms with Crippen molar-refractivity contribution in [2.75, 3.05) is 12.3 Å². The number of para-hydroxylation sites is 1. The fourth-order valence-corrected chi connectivity index (χ4v) is 1.94. The molecule has 0 aromatic heterocycles. The molecule has 0 aliphatic heterocycles. The van der Waals surface area contributed by atoms with Gasteiger partial charge in [0.15, 0.2) is 0 Å². The number of rotatable bonds is 6. The van der Waals surface area contributed by atoms with E-state index in [1.54, 1.807) is 6.92 Å². The Balaban J connectivity index is 2.74. The number of nitrogens with two attached hydrogens (primary N) is 1. The highest BCUT2D eigenvalue weighted by Gasteiger charge is 2.19. The van der Waals surface area contributed by atoms with Crippen LogP contribution >= 0.6 is 0 Å². The average molecular weight is 281 g/mol. The summed E-state index contributed by atoms with van der Waals surface area (Å²) < 4.78 is 0. The molecule has 2 unspecified atom stereocenters. The predicted octanol–water partition coefficient (Wildman–Crippen LogP) is 1.31. The van der Waals surface area contributed by atoms with Crippen LogP contribution in [0.15, 0.2) is 18.2 Å². The minimum atomic E-state index is -0.623. The molecule has 4 N–H and O–H groups in total. The number of carbonyl (C=O) groups is 1. The lowest BCUT2D eigenvalue weighted by Crippen LogP contribution is -2.30. The first kappa shape index (κ1) is 15.9. The lowest BCUT2D eigenvalue weighted by Gasteiger charge is -2.14. The molecule has 0 bridgehead atoms. The predicted molar refractivity (Wildman–Crippen MR) is 75.3 cm³/mol. The van der Waals surface area contributed by atoms with Crippen molar-refractivity contribution in [3.63, 3.8) is 0 Å². The Morgan fingerprint density at radius 1 is 1.50 bits per heavy atom. The van der Waals surface area contributed by atoms with Crippen LogP contribution in [0.25, 0.3) is 0 Å². The van der Waals surface area contributed by atoms with E-state index in [0.29, 0.717) is 13.0 Å². The first-order valence-corrected chi connectivity index (χ1v) is 6.32. The summed E-state index contributed by atoms with van der Waals surface area (Å²) in [5.41, 5.74) is 5.29. The van der Waals surface area contributed by atoms with E-state index in [2.05, 4.69) is 5.32 Å². The molecule has 1 rings (SSSR count). The Labute approximate surface area is 116 Å². The Hall–Kier alpha value is -2.15. The summed E-state index contributed by atoms with van der Waals surface area (Å²) >= 11 is 0. The van der Waals surface area contributed by atoms with Crippen molar-refractivity contribution in [1.29, 1.82) is 0 Å². The Bertz CT molecular complexity index is 502. The van der Waals surface area contributed by atoms with Crippen LogP contribution < -0.4 is 11.1 Å². The van der Waals surface area contributed by atoms with Crippen LogP contribution in [0.3, 0.4) is 0 Å². The van der Waals surface area contributed by atoms with Gasteiger partial charge in [0.2, 0.25) is 0 Å². The first-order chi connectivity index (χ1) is 9.32. The van der Waals surface area contributed by atoms with Crippen molar-refractivity contribution in [2.24, 2.45) is 5.92 Å². The summed E-state index contributed by atoms with van der Waals surface area (Å²) in [4.78, 5) is 22.1. The van der Waals surface area contributed by atoms with Crippen molar-refractivity contribution in [1.82, 2.24) is 5.32 Å². The lowest BCUT2D eigenvalue weighted by molar-refractivity contribution is -0.383. The fraction of sp³-hybridized carbons (Fsp3) is 0.462. The Morgan fingerprint density at radius 2 is 2.15 bits per heavy atom. The van der Waals surface area contributed by atoms with E-state index in [9.17, 15) is 20.0 Å². The third-order valence-electron chi connectivity index (χ3n) is 2.88. The molecule has 20 heavy (non-hydrogen) atoms. The maximum atomic E-state index is 12.0. The van der Waals surface area contributed by atoms with Gasteiger partial charge in [-0.2, -0.15) is 0 Å². The van der Waals surface area contributed by atoms with Crippen LogP contribution in [-0.4, -0.2) is 28.6 Å². The molecule has 1 aromatic carbocycles. The summed E-state index contributed by atoms with van der Waals surface area (Å²) in [5, 5.41) is 22.6. The summed E-state index contributed by atoms with van der Waals surface area (Å²) in [6.45, 7) is 3.94. The van der Waals surface area contributed by atoms with Crippen molar-refractivity contribution in [3.05, 3.63) is 33.9 Å². The molecular weight excluding hydrogens is 262 g/mol. The molecule has 0 radical (unpaired) electrons. The zero-order valence-corrected chi connectivity index (χ0v) is 11.5. The van der Waals surface area contributed by atoms with E-state index < -0.39 is 16.9 Å². The molecule has 1 amide bonds. The summed E-state index contributed by atoms with van der Waals surface area (Å²) in [7, 11) is 0. The summed E-state index contributed by atoms with van der Waals surface area (Å²) in [6.07, 6.45) is 0.120. The minimum absolute atomic E-state index is 0.0865. The molecule has 0 fully saturated rings. The second kappa shape index (κ2) is 6.85. The standard InChI is InChI=1S/C13H19N3O4/c1-8(6-9(2)17)7-15-13(18)10-4-3-5-11(12(10)14)16(19)20/h3-5,8-9,17H,6-7,14H2,1-2H3,(H,15,18). The quantitative estimate of drug-likeness (QED) is 0.412. The van der Waals surface area contributed by atoms with E-state index in [-0.39, 0.29) is 22.9 Å². The number of anilines is 1. The van der Waals surface area contributed by atoms with Gasteiger partial charge < -0.3 is 16.2 Å². The largest absolute Gasteiger partial charge is 0.393 e. The number of aliphatic hydroxyl groups excluding tert-OH is 1. The number of hydrogen-bond acceptors (Lipinski definition) is 5. The fourth-order valence-electron chi connectivity index (χ4n) is 1.94. The van der Waals surface area contributed by atoms with E-state index in [0.717, 1.165) is 0 Å². The molecular formula is C13H19N3O4. The van der Waals surface area contributed by atoms with Crippen molar-refractivity contribution in [2.45, 2.75) is 26.4 Å². The van der Waals surface area contributed by atoms with E-state index in [1.807, 2.05) is 6.92 Å². The van der Waals surface area contributed by atoms with Crippen LogP contribution in [0.4, 0.5) is 11.4 Å². The van der Waals surface area contributed by atoms with Crippen LogP contribution in [0.5, 0.6) is 0 Å². The van der Waals surface area contributed by atoms with Crippen molar-refractivity contribution >= 4 is 17.3 Å². The van der Waals surface area contributed by atoms with Crippen LogP contribution in [-0.2, 0) is 0 Å². The first-order valence-electron chi connectivity index (χ1n) is 6.32. The van der Waals surface area contributed by atoms with Gasteiger partial charge in [-0.15, -0.1) is 0 Å². The van der Waals surface area contributed by atoms with Gasteiger partial charge in [0.05, 0.1) is 16.6 Å². The molecule has 0 spiro atoms. The second-order valence-electron chi connectivity index (χ2n) is 4.90. The molecule has 110 valence electrons. The van der Waals surface area contributed by atoms with E-state index in [1.165, 1.54) is 18.2 Å². The number of nitro groups is 1. The number of hydrogen-bond donors (Lipinski definition) is 3. The second-order valence-corrected chi connectivity index (χ2v) is 4.90. The van der Waals surface area contributed by atoms with Crippen molar-refractivity contribution < 1.29 is 14.8 Å². The van der Waals surface area contributed by atoms with Gasteiger partial charge in [0.1, 0.15) is 5.69 Å². The molecule has 0 aliphatic rings. The molecule has 0 saturated heterocycles. The average Bonchev–Trinajstić information content (AvgIpc) is 2.35. The Morgan fingerprint density at radius 3 is 2.70 bits per heavy atom. The zero-order chi connectivity index (χ0) is 15.3. The maximum absolute atomic E-state index is 12.0. The molecule has 0 aliphatic carbocycles. The maximum Gasteiger partial charge on any atom is 0.292 e. The number of nitrogens with one attached hydrogen (secondary N) is 1. The normalized spacial score (nSPS) is 13.6. The van der Waals surface area contributed by atoms with Gasteiger partial charge in [0.25, 0.3) is 11.6 Å². The lowest BCUT2D eigenvalue weighted by atomic mass is 10.0. The molecule has 2 atom stereocenters. The smallest absolute Gasteiger partial charge is 0.292 e. The molecule has 0 saturated carbocycles. The van der Waals surface area contributed by atoms with E-state index >= 15 is 0 Å². The summed E-state index contributed by atoms with van der Waals surface area (Å²) in [6, 6.07) is 4.11. The molecule has 7 nitrogen and oxygen atoms in total. The van der Waals surface area contributed by atoms with Crippen LogP contribution in [0, 0.1) is 16.0 Å². The van der Waals surface area contributed by atoms with E-state index in [4.69, 9.17) is 5.73 Å². The highest BCUT2D eigenvalue weighted by atomic mass is 16.6. The van der Waals surface area contributed by atoms with Gasteiger partial charge in [0, 0.05) is 12.6 Å². The summed E-state index contributed by atoms with van der Waals surface area (Å²) in [5.74, 6) is -0.359. The van der Waals surface area contributed by atoms with Gasteiger partial charge >= 0.3 is 0 Å². The van der Waals surface area contributed by atoms with Crippen LogP contribution in [0.2, 0.25) is 0 Å². The highest BCUT2D eigenvalue weighted by molar-refractivity contribution is 6.00. The third-order valence-corrected chi connectivity index (χ3v) is 2.88. The molecule has 1 aromatic rings. The number of nitro benzene ring substituents is 1. The zero-order valence-electron chi connectivity index (χ0n) is 11.5. The number of nitrogens with zero attached hydrogens (tertiary/aromatic N) is 1. The molecule has 0 heterocycles. The van der Waals surface area contributed by atoms with Gasteiger partial charge in [-0.3, -0.25) is 14.9 Å². The number of benzene rings is 1. The monoisotopic (exact) mass is 281 g/mol. The number of amides is 1. The van der Waals surface area contributed by atoms with Crippen LogP contribution in [0.1, 0.15) is 30.6 Å². The molecule has 7 heteroatoms. The van der Waals surface area contributed by atoms with Crippen molar-refractivity contribution in [3.8, 4) is 0 Å². The van der Waals surface area contributed by atoms with Gasteiger partial charge in [-0.25, -0.2) is 0 Å². The Kier molecular flexibility index (Phi) is 5.45.